The standard InChI is InChI=1S/C19H18N4O2.C2H6/c24-9-6-14-12-16-17(20-13-14)19(23-7-10-25-11-8-23)22-18(21-16)15-4-2-1-3-5-15;1-2/h1-5,9,12-13H,6-8,10-11H2;1-2H3. The largest absolute Gasteiger partial charge is 0.378 e. The number of hydrogen-bond donors (Lipinski definition) is 0. The first-order valence-corrected chi connectivity index (χ1v) is 9.33. The van der Waals surface area contributed by atoms with Crippen molar-refractivity contribution in [2.75, 3.05) is 31.2 Å². The van der Waals surface area contributed by atoms with Crippen LogP contribution in [0.25, 0.3) is 22.4 Å². The van der Waals surface area contributed by atoms with Crippen LogP contribution in [-0.2, 0) is 16.0 Å². The maximum Gasteiger partial charge on any atom is 0.162 e. The molecule has 1 saturated heterocycles. The van der Waals surface area contributed by atoms with Crippen LogP contribution in [0.15, 0.2) is 42.6 Å². The number of anilines is 1. The Bertz CT molecular complexity index is 893. The first-order valence-electron chi connectivity index (χ1n) is 9.33. The maximum absolute atomic E-state index is 10.8. The fraction of sp³-hybridized carbons (Fsp3) is 0.333. The lowest BCUT2D eigenvalue weighted by Crippen LogP contribution is -2.37. The van der Waals surface area contributed by atoms with Gasteiger partial charge >= 0.3 is 0 Å². The Morgan fingerprint density at radius 3 is 2.56 bits per heavy atom. The molecule has 1 fully saturated rings. The second kappa shape index (κ2) is 9.19. The van der Waals surface area contributed by atoms with Gasteiger partial charge in [0.15, 0.2) is 11.6 Å². The van der Waals surface area contributed by atoms with Crippen molar-refractivity contribution in [3.8, 4) is 11.4 Å². The van der Waals surface area contributed by atoms with E-state index >= 15 is 0 Å². The van der Waals surface area contributed by atoms with E-state index in [1.54, 1.807) is 6.20 Å². The number of carbonyl (C=O) groups is 1. The molecular formula is C21H24N4O2. The van der Waals surface area contributed by atoms with Crippen LogP contribution in [0, 0.1) is 0 Å². The number of hydrogen-bond acceptors (Lipinski definition) is 6. The molecule has 0 saturated carbocycles. The van der Waals surface area contributed by atoms with Gasteiger partial charge in [0.05, 0.1) is 18.7 Å². The zero-order valence-electron chi connectivity index (χ0n) is 15.8. The molecule has 0 aliphatic carbocycles. The van der Waals surface area contributed by atoms with Gasteiger partial charge in [-0.1, -0.05) is 44.2 Å². The smallest absolute Gasteiger partial charge is 0.162 e. The summed E-state index contributed by atoms with van der Waals surface area (Å²) >= 11 is 0. The fourth-order valence-corrected chi connectivity index (χ4v) is 2.96. The highest BCUT2D eigenvalue weighted by Gasteiger charge is 2.19. The van der Waals surface area contributed by atoms with Gasteiger partial charge in [-0.15, -0.1) is 0 Å². The van der Waals surface area contributed by atoms with Gasteiger partial charge in [-0.2, -0.15) is 0 Å². The molecule has 2 aromatic heterocycles. The number of aromatic nitrogens is 3. The van der Waals surface area contributed by atoms with Crippen molar-refractivity contribution >= 4 is 23.1 Å². The Morgan fingerprint density at radius 1 is 1.11 bits per heavy atom. The molecule has 0 amide bonds. The van der Waals surface area contributed by atoms with Crippen LogP contribution in [0.5, 0.6) is 0 Å². The summed E-state index contributed by atoms with van der Waals surface area (Å²) in [5.41, 5.74) is 3.33. The number of carbonyl (C=O) groups excluding carboxylic acids is 1. The second-order valence-electron chi connectivity index (χ2n) is 5.92. The zero-order chi connectivity index (χ0) is 19.1. The van der Waals surface area contributed by atoms with Crippen LogP contribution in [0.3, 0.4) is 0 Å². The van der Waals surface area contributed by atoms with E-state index in [0.717, 1.165) is 47.4 Å². The third-order valence-electron chi connectivity index (χ3n) is 4.24. The maximum atomic E-state index is 10.8. The van der Waals surface area contributed by atoms with Gasteiger partial charge in [0, 0.05) is 31.3 Å². The number of nitrogens with zero attached hydrogens (tertiary/aromatic N) is 4. The lowest BCUT2D eigenvalue weighted by molar-refractivity contribution is -0.107. The minimum absolute atomic E-state index is 0.334. The molecule has 1 aromatic carbocycles. The lowest BCUT2D eigenvalue weighted by Gasteiger charge is -2.28. The molecule has 3 aromatic rings. The Balaban J connectivity index is 0.00000102. The molecule has 140 valence electrons. The molecule has 0 N–H and O–H groups in total. The molecule has 3 heterocycles. The molecule has 0 atom stereocenters. The summed E-state index contributed by atoms with van der Waals surface area (Å²) in [5, 5.41) is 0. The van der Waals surface area contributed by atoms with Gasteiger partial charge in [-0.25, -0.2) is 9.97 Å². The molecule has 6 heteroatoms. The van der Waals surface area contributed by atoms with E-state index in [9.17, 15) is 4.79 Å². The van der Waals surface area contributed by atoms with Crippen LogP contribution < -0.4 is 4.90 Å². The van der Waals surface area contributed by atoms with E-state index in [2.05, 4.69) is 9.88 Å². The van der Waals surface area contributed by atoms with Crippen LogP contribution >= 0.6 is 0 Å². The van der Waals surface area contributed by atoms with Crippen molar-refractivity contribution in [2.45, 2.75) is 20.3 Å². The predicted molar refractivity (Wildman–Crippen MR) is 107 cm³/mol. The van der Waals surface area contributed by atoms with Crippen molar-refractivity contribution in [2.24, 2.45) is 0 Å². The minimum atomic E-state index is 0.334. The third-order valence-corrected chi connectivity index (χ3v) is 4.24. The topological polar surface area (TPSA) is 68.2 Å². The fourth-order valence-electron chi connectivity index (χ4n) is 2.96. The zero-order valence-corrected chi connectivity index (χ0v) is 15.8. The highest BCUT2D eigenvalue weighted by Crippen LogP contribution is 2.27. The Morgan fingerprint density at radius 2 is 1.85 bits per heavy atom. The lowest BCUT2D eigenvalue weighted by atomic mass is 10.1. The summed E-state index contributed by atoms with van der Waals surface area (Å²) in [6.45, 7) is 6.90. The number of benzene rings is 1. The van der Waals surface area contributed by atoms with E-state index in [4.69, 9.17) is 14.7 Å². The first-order chi connectivity index (χ1) is 13.3. The van der Waals surface area contributed by atoms with Crippen molar-refractivity contribution in [1.29, 1.82) is 0 Å². The monoisotopic (exact) mass is 364 g/mol. The van der Waals surface area contributed by atoms with Crippen molar-refractivity contribution in [3.63, 3.8) is 0 Å². The molecule has 4 rings (SSSR count). The molecule has 6 nitrogen and oxygen atoms in total. The normalized spacial score (nSPS) is 13.8. The molecule has 0 bridgehead atoms. The summed E-state index contributed by atoms with van der Waals surface area (Å²) in [6, 6.07) is 11.8. The Kier molecular flexibility index (Phi) is 6.44. The van der Waals surface area contributed by atoms with Crippen LogP contribution in [0.2, 0.25) is 0 Å². The minimum Gasteiger partial charge on any atom is -0.378 e. The summed E-state index contributed by atoms with van der Waals surface area (Å²) in [6.07, 6.45) is 2.94. The summed E-state index contributed by atoms with van der Waals surface area (Å²) in [4.78, 5) is 27.1. The molecule has 1 aliphatic heterocycles. The Hall–Kier alpha value is -2.86. The highest BCUT2D eigenvalue weighted by atomic mass is 16.5. The molecule has 0 spiro atoms. The number of ether oxygens (including phenoxy) is 1. The molecule has 0 radical (unpaired) electrons. The van der Waals surface area contributed by atoms with E-state index in [0.29, 0.717) is 25.5 Å². The van der Waals surface area contributed by atoms with Gasteiger partial charge in [-0.3, -0.25) is 4.98 Å². The van der Waals surface area contributed by atoms with Gasteiger partial charge in [0.1, 0.15) is 11.8 Å². The average Bonchev–Trinajstić information content (AvgIpc) is 2.76. The molecule has 1 aliphatic rings. The van der Waals surface area contributed by atoms with Gasteiger partial charge < -0.3 is 14.4 Å². The van der Waals surface area contributed by atoms with E-state index in [1.807, 2.05) is 50.2 Å². The quantitative estimate of drug-likeness (QED) is 0.662. The predicted octanol–water partition coefficient (Wildman–Crippen LogP) is 3.30. The number of rotatable bonds is 4. The van der Waals surface area contributed by atoms with Crippen LogP contribution in [0.1, 0.15) is 19.4 Å². The number of pyridine rings is 1. The van der Waals surface area contributed by atoms with Gasteiger partial charge in [-0.05, 0) is 11.6 Å². The highest BCUT2D eigenvalue weighted by molar-refractivity contribution is 5.88. The molecule has 27 heavy (non-hydrogen) atoms. The number of fused-ring (bicyclic) bond motifs is 1. The van der Waals surface area contributed by atoms with E-state index in [-0.39, 0.29) is 0 Å². The second-order valence-corrected chi connectivity index (χ2v) is 5.92. The molecule has 0 unspecified atom stereocenters. The number of aldehydes is 1. The number of morpholine rings is 1. The van der Waals surface area contributed by atoms with Gasteiger partial charge in [0.2, 0.25) is 0 Å². The molecular weight excluding hydrogens is 340 g/mol. The Labute approximate surface area is 159 Å². The van der Waals surface area contributed by atoms with E-state index < -0.39 is 0 Å². The van der Waals surface area contributed by atoms with Crippen LogP contribution in [-0.4, -0.2) is 47.5 Å². The van der Waals surface area contributed by atoms with Crippen molar-refractivity contribution < 1.29 is 9.53 Å². The summed E-state index contributed by atoms with van der Waals surface area (Å²) in [5.74, 6) is 1.49. The van der Waals surface area contributed by atoms with Crippen molar-refractivity contribution in [1.82, 2.24) is 15.0 Å². The summed E-state index contributed by atoms with van der Waals surface area (Å²) in [7, 11) is 0. The summed E-state index contributed by atoms with van der Waals surface area (Å²) < 4.78 is 5.45. The van der Waals surface area contributed by atoms with Gasteiger partial charge in [0.25, 0.3) is 0 Å². The SMILES string of the molecule is CC.O=CCc1cnc2c(N3CCOCC3)nc(-c3ccccc3)nc2c1. The van der Waals surface area contributed by atoms with Crippen LogP contribution in [0.4, 0.5) is 5.82 Å². The van der Waals surface area contributed by atoms with Crippen molar-refractivity contribution in [3.05, 3.63) is 48.2 Å². The first kappa shape index (κ1) is 18.9. The third kappa shape index (κ3) is 4.28. The van der Waals surface area contributed by atoms with E-state index in [1.165, 1.54) is 0 Å². The average molecular weight is 364 g/mol.